The highest BCUT2D eigenvalue weighted by Gasteiger charge is 2.33. The minimum absolute atomic E-state index is 0.0209. The molecule has 2 atom stereocenters. The van der Waals surface area contributed by atoms with E-state index in [9.17, 15) is 9.90 Å². The van der Waals surface area contributed by atoms with Crippen LogP contribution in [0.5, 0.6) is 5.75 Å². The third-order valence-corrected chi connectivity index (χ3v) is 6.86. The van der Waals surface area contributed by atoms with Crippen LogP contribution in [-0.2, 0) is 4.79 Å². The summed E-state index contributed by atoms with van der Waals surface area (Å²) in [5, 5.41) is 12.5. The molecule has 6 nitrogen and oxygen atoms in total. The molecule has 8 heteroatoms. The van der Waals surface area contributed by atoms with Crippen molar-refractivity contribution in [3.05, 3.63) is 72.3 Å². The number of halogens is 2. The van der Waals surface area contributed by atoms with Crippen molar-refractivity contribution in [2.75, 3.05) is 18.0 Å². The second-order valence-electron chi connectivity index (χ2n) is 8.91. The first kappa shape index (κ1) is 23.1. The number of amides is 1. The number of fused-ring (bicyclic) bond motifs is 2. The second kappa shape index (κ2) is 8.82. The third-order valence-electron chi connectivity index (χ3n) is 6.56. The SMILES string of the molecule is C=CC(=O)N1[C@H](C)CN(c2ncnc3c(F)c(-c4cc(O)cc5ccccc45)c(Cl)cc23)C[C@@H]1C. The normalized spacial score (nSPS) is 18.3. The molecule has 0 aliphatic carbocycles. The van der Waals surface area contributed by atoms with Gasteiger partial charge in [-0.05, 0) is 54.5 Å². The molecule has 1 aliphatic heterocycles. The first-order valence-corrected chi connectivity index (χ1v) is 11.7. The number of benzene rings is 3. The van der Waals surface area contributed by atoms with E-state index in [1.807, 2.05) is 43.0 Å². The Balaban J connectivity index is 1.64. The average molecular weight is 491 g/mol. The van der Waals surface area contributed by atoms with Gasteiger partial charge in [0.2, 0.25) is 5.91 Å². The maximum absolute atomic E-state index is 16.1. The van der Waals surface area contributed by atoms with E-state index in [0.29, 0.717) is 29.9 Å². The third kappa shape index (κ3) is 3.86. The van der Waals surface area contributed by atoms with Crippen LogP contribution in [0.15, 0.2) is 61.4 Å². The van der Waals surface area contributed by atoms with E-state index < -0.39 is 5.82 Å². The molecule has 1 amide bonds. The summed E-state index contributed by atoms with van der Waals surface area (Å²) in [6, 6.07) is 12.1. The van der Waals surface area contributed by atoms with E-state index in [2.05, 4.69) is 16.5 Å². The molecule has 0 saturated carbocycles. The quantitative estimate of drug-likeness (QED) is 0.381. The Morgan fingerprint density at radius 2 is 1.86 bits per heavy atom. The average Bonchev–Trinajstić information content (AvgIpc) is 2.83. The van der Waals surface area contributed by atoms with Crippen LogP contribution in [-0.4, -0.2) is 51.1 Å². The molecular formula is C27H24ClFN4O2. The van der Waals surface area contributed by atoms with Gasteiger partial charge in [0.05, 0.1) is 5.02 Å². The van der Waals surface area contributed by atoms with Crippen LogP contribution in [0.3, 0.4) is 0 Å². The van der Waals surface area contributed by atoms with Gasteiger partial charge in [-0.25, -0.2) is 14.4 Å². The number of carbonyl (C=O) groups is 1. The van der Waals surface area contributed by atoms with E-state index >= 15 is 4.39 Å². The van der Waals surface area contributed by atoms with Gasteiger partial charge >= 0.3 is 0 Å². The largest absolute Gasteiger partial charge is 0.508 e. The van der Waals surface area contributed by atoms with Crippen LogP contribution in [0, 0.1) is 5.82 Å². The molecule has 0 unspecified atom stereocenters. The summed E-state index contributed by atoms with van der Waals surface area (Å²) in [7, 11) is 0. The summed E-state index contributed by atoms with van der Waals surface area (Å²) in [5.41, 5.74) is 0.815. The number of phenols is 1. The van der Waals surface area contributed by atoms with Crippen LogP contribution in [0.4, 0.5) is 10.2 Å². The number of piperazine rings is 1. The molecule has 0 bridgehead atoms. The first-order valence-electron chi connectivity index (χ1n) is 11.3. The molecule has 1 fully saturated rings. The predicted molar refractivity (Wildman–Crippen MR) is 137 cm³/mol. The highest BCUT2D eigenvalue weighted by atomic mass is 35.5. The summed E-state index contributed by atoms with van der Waals surface area (Å²) < 4.78 is 16.1. The lowest BCUT2D eigenvalue weighted by atomic mass is 9.96. The number of carbonyl (C=O) groups excluding carboxylic acids is 1. The lowest BCUT2D eigenvalue weighted by Gasteiger charge is -2.44. The molecule has 178 valence electrons. The Morgan fingerprint density at radius 3 is 2.57 bits per heavy atom. The van der Waals surface area contributed by atoms with Crippen LogP contribution < -0.4 is 4.90 Å². The minimum Gasteiger partial charge on any atom is -0.508 e. The Labute approximate surface area is 207 Å². The van der Waals surface area contributed by atoms with Crippen LogP contribution >= 0.6 is 11.6 Å². The number of phenolic OH excluding ortho intramolecular Hbond substituents is 1. The predicted octanol–water partition coefficient (Wildman–Crippen LogP) is 5.56. The summed E-state index contributed by atoms with van der Waals surface area (Å²) in [5.74, 6) is -0.109. The fraction of sp³-hybridized carbons (Fsp3) is 0.222. The molecule has 4 aromatic rings. The van der Waals surface area contributed by atoms with Crippen molar-refractivity contribution in [2.24, 2.45) is 0 Å². The van der Waals surface area contributed by atoms with Gasteiger partial charge in [0, 0.05) is 36.1 Å². The molecule has 1 N–H and O–H groups in total. The first-order chi connectivity index (χ1) is 16.8. The molecule has 1 aromatic heterocycles. The zero-order valence-corrected chi connectivity index (χ0v) is 20.1. The van der Waals surface area contributed by atoms with Crippen molar-refractivity contribution in [3.63, 3.8) is 0 Å². The number of anilines is 1. The molecule has 1 aliphatic rings. The lowest BCUT2D eigenvalue weighted by molar-refractivity contribution is -0.130. The molecule has 2 heterocycles. The molecule has 3 aromatic carbocycles. The Kier molecular flexibility index (Phi) is 5.81. The summed E-state index contributed by atoms with van der Waals surface area (Å²) in [4.78, 5) is 24.8. The summed E-state index contributed by atoms with van der Waals surface area (Å²) in [6.07, 6.45) is 2.67. The van der Waals surface area contributed by atoms with E-state index in [4.69, 9.17) is 11.6 Å². The van der Waals surface area contributed by atoms with Gasteiger partial charge in [-0.1, -0.05) is 42.4 Å². The maximum atomic E-state index is 16.1. The second-order valence-corrected chi connectivity index (χ2v) is 9.32. The fourth-order valence-corrected chi connectivity index (χ4v) is 5.45. The summed E-state index contributed by atoms with van der Waals surface area (Å²) in [6.45, 7) is 8.58. The Morgan fingerprint density at radius 1 is 1.14 bits per heavy atom. The van der Waals surface area contributed by atoms with E-state index in [-0.39, 0.29) is 39.8 Å². The number of aromatic hydroxyl groups is 1. The zero-order chi connectivity index (χ0) is 24.9. The fourth-order valence-electron chi connectivity index (χ4n) is 5.15. The molecule has 0 spiro atoms. The monoisotopic (exact) mass is 490 g/mol. The van der Waals surface area contributed by atoms with Crippen molar-refractivity contribution in [3.8, 4) is 16.9 Å². The van der Waals surface area contributed by atoms with E-state index in [1.165, 1.54) is 18.5 Å². The summed E-state index contributed by atoms with van der Waals surface area (Å²) >= 11 is 6.69. The number of nitrogens with zero attached hydrogens (tertiary/aromatic N) is 4. The number of aromatic nitrogens is 2. The van der Waals surface area contributed by atoms with Crippen molar-refractivity contribution < 1.29 is 14.3 Å². The van der Waals surface area contributed by atoms with Gasteiger partial charge in [0.25, 0.3) is 0 Å². The number of hydrogen-bond donors (Lipinski definition) is 1. The van der Waals surface area contributed by atoms with E-state index in [1.54, 1.807) is 17.0 Å². The smallest absolute Gasteiger partial charge is 0.246 e. The van der Waals surface area contributed by atoms with E-state index in [0.717, 1.165) is 10.8 Å². The van der Waals surface area contributed by atoms with Crippen molar-refractivity contribution in [2.45, 2.75) is 25.9 Å². The molecule has 1 saturated heterocycles. The molecular weight excluding hydrogens is 467 g/mol. The zero-order valence-electron chi connectivity index (χ0n) is 19.4. The highest BCUT2D eigenvalue weighted by molar-refractivity contribution is 6.35. The van der Waals surface area contributed by atoms with Gasteiger partial charge in [-0.3, -0.25) is 4.79 Å². The molecule has 35 heavy (non-hydrogen) atoms. The van der Waals surface area contributed by atoms with Crippen LogP contribution in [0.2, 0.25) is 5.02 Å². The Hall–Kier alpha value is -3.71. The number of rotatable bonds is 3. The van der Waals surface area contributed by atoms with Crippen LogP contribution in [0.25, 0.3) is 32.8 Å². The topological polar surface area (TPSA) is 69.6 Å². The van der Waals surface area contributed by atoms with Crippen molar-refractivity contribution >= 4 is 45.0 Å². The van der Waals surface area contributed by atoms with Gasteiger partial charge in [-0.2, -0.15) is 0 Å². The van der Waals surface area contributed by atoms with Gasteiger partial charge in [-0.15, -0.1) is 0 Å². The molecule has 0 radical (unpaired) electrons. The van der Waals surface area contributed by atoms with Crippen molar-refractivity contribution in [1.82, 2.24) is 14.9 Å². The lowest BCUT2D eigenvalue weighted by Crippen LogP contribution is -2.58. The molecule has 5 rings (SSSR count). The van der Waals surface area contributed by atoms with Crippen LogP contribution in [0.1, 0.15) is 13.8 Å². The Bertz CT molecular complexity index is 1480. The van der Waals surface area contributed by atoms with Crippen molar-refractivity contribution in [1.29, 1.82) is 0 Å². The maximum Gasteiger partial charge on any atom is 0.246 e. The number of hydrogen-bond acceptors (Lipinski definition) is 5. The minimum atomic E-state index is -0.575. The standard InChI is InChI=1S/C27H24ClFN4O2/c1-4-23(35)33-15(2)12-32(13-16(33)3)27-21-11-22(28)24(25(29)26(21)30-14-31-27)20-10-18(34)9-17-7-5-6-8-19(17)20/h4-11,14-16,34H,1,12-13H2,2-3H3/t15-,16+. The van der Waals surface area contributed by atoms with Gasteiger partial charge in [0.1, 0.15) is 23.4 Å². The van der Waals surface area contributed by atoms with Gasteiger partial charge in [0.15, 0.2) is 5.82 Å². The highest BCUT2D eigenvalue weighted by Crippen LogP contribution is 2.42. The van der Waals surface area contributed by atoms with Gasteiger partial charge < -0.3 is 14.9 Å².